The Bertz CT molecular complexity index is 1400. The highest BCUT2D eigenvalue weighted by Crippen LogP contribution is 2.30. The van der Waals surface area contributed by atoms with Gasteiger partial charge in [-0.3, -0.25) is 9.59 Å². The summed E-state index contributed by atoms with van der Waals surface area (Å²) in [6.07, 6.45) is 3.55. The lowest BCUT2D eigenvalue weighted by molar-refractivity contribution is -0.137. The lowest BCUT2D eigenvalue weighted by Crippen LogP contribution is -2.15. The summed E-state index contributed by atoms with van der Waals surface area (Å²) in [5.74, 6) is -5.74. The Morgan fingerprint density at radius 1 is 1.00 bits per heavy atom. The van der Waals surface area contributed by atoms with Crippen molar-refractivity contribution in [3.63, 3.8) is 0 Å². The molecule has 0 radical (unpaired) electrons. The Balaban J connectivity index is 1.54. The molecule has 0 saturated carbocycles. The molecule has 4 rings (SSSR count). The van der Waals surface area contributed by atoms with E-state index in [1.54, 1.807) is 6.07 Å². The SMILES string of the molecule is O=C(C=Cc1ccc(C(C(=O)O)c2ccc3ocnc3c2)c(F)c1)Nc1ccc(F)cc1F. The topological polar surface area (TPSA) is 92.4 Å². The summed E-state index contributed by atoms with van der Waals surface area (Å²) < 4.78 is 46.6. The van der Waals surface area contributed by atoms with Crippen LogP contribution in [0.3, 0.4) is 0 Å². The maximum Gasteiger partial charge on any atom is 0.315 e. The van der Waals surface area contributed by atoms with Gasteiger partial charge in [0.05, 0.1) is 5.69 Å². The van der Waals surface area contributed by atoms with Crippen LogP contribution in [-0.4, -0.2) is 22.0 Å². The normalized spacial score (nSPS) is 12.2. The number of hydrogen-bond acceptors (Lipinski definition) is 4. The maximum atomic E-state index is 14.8. The van der Waals surface area contributed by atoms with Gasteiger partial charge in [0.25, 0.3) is 0 Å². The quantitative estimate of drug-likeness (QED) is 0.397. The molecule has 0 aliphatic carbocycles. The van der Waals surface area contributed by atoms with E-state index >= 15 is 0 Å². The third-order valence-electron chi connectivity index (χ3n) is 4.89. The molecule has 166 valence electrons. The van der Waals surface area contributed by atoms with E-state index in [-0.39, 0.29) is 16.8 Å². The first-order valence-corrected chi connectivity index (χ1v) is 9.61. The second-order valence-electron chi connectivity index (χ2n) is 7.08. The zero-order valence-corrected chi connectivity index (χ0v) is 16.8. The number of oxazole rings is 1. The number of benzene rings is 3. The molecule has 1 atom stereocenters. The number of aliphatic carboxylic acids is 1. The van der Waals surface area contributed by atoms with Crippen molar-refractivity contribution in [2.24, 2.45) is 0 Å². The van der Waals surface area contributed by atoms with Crippen LogP contribution in [0.5, 0.6) is 0 Å². The fourth-order valence-corrected chi connectivity index (χ4v) is 3.33. The molecule has 4 aromatic rings. The number of aromatic nitrogens is 1. The van der Waals surface area contributed by atoms with Crippen LogP contribution in [0.1, 0.15) is 22.6 Å². The molecule has 0 fully saturated rings. The van der Waals surface area contributed by atoms with Crippen LogP contribution >= 0.6 is 0 Å². The van der Waals surface area contributed by atoms with E-state index in [0.717, 1.165) is 24.3 Å². The Labute approximate surface area is 185 Å². The van der Waals surface area contributed by atoms with Crippen molar-refractivity contribution in [2.75, 3.05) is 5.32 Å². The largest absolute Gasteiger partial charge is 0.481 e. The van der Waals surface area contributed by atoms with E-state index in [1.807, 2.05) is 0 Å². The molecule has 1 unspecified atom stereocenters. The van der Waals surface area contributed by atoms with Crippen LogP contribution in [0.15, 0.2) is 71.5 Å². The molecule has 0 spiro atoms. The number of rotatable bonds is 6. The monoisotopic (exact) mass is 452 g/mol. The zero-order chi connectivity index (χ0) is 23.5. The van der Waals surface area contributed by atoms with Crippen molar-refractivity contribution in [1.82, 2.24) is 4.98 Å². The van der Waals surface area contributed by atoms with Gasteiger partial charge in [0.1, 0.15) is 28.9 Å². The summed E-state index contributed by atoms with van der Waals surface area (Å²) in [4.78, 5) is 27.9. The van der Waals surface area contributed by atoms with Gasteiger partial charge in [-0.15, -0.1) is 0 Å². The lowest BCUT2D eigenvalue weighted by Gasteiger charge is -2.14. The average Bonchev–Trinajstić information content (AvgIpc) is 3.24. The van der Waals surface area contributed by atoms with Crippen LogP contribution in [0.4, 0.5) is 18.9 Å². The minimum atomic E-state index is -1.28. The molecule has 0 aliphatic rings. The van der Waals surface area contributed by atoms with E-state index in [2.05, 4.69) is 10.3 Å². The summed E-state index contributed by atoms with van der Waals surface area (Å²) in [6.45, 7) is 0. The van der Waals surface area contributed by atoms with E-state index in [1.165, 1.54) is 36.7 Å². The van der Waals surface area contributed by atoms with E-state index in [4.69, 9.17) is 4.42 Å². The summed E-state index contributed by atoms with van der Waals surface area (Å²) in [5, 5.41) is 12.0. The number of carboxylic acid groups (broad SMARTS) is 1. The van der Waals surface area contributed by atoms with Crippen LogP contribution in [0.2, 0.25) is 0 Å². The third kappa shape index (κ3) is 4.77. The number of carbonyl (C=O) groups excluding carboxylic acids is 1. The molecule has 0 aliphatic heterocycles. The number of carboxylic acids is 1. The first-order chi connectivity index (χ1) is 15.8. The predicted octanol–water partition coefficient (Wildman–Crippen LogP) is 5.11. The lowest BCUT2D eigenvalue weighted by atomic mass is 9.90. The van der Waals surface area contributed by atoms with Crippen molar-refractivity contribution in [3.8, 4) is 0 Å². The molecular weight excluding hydrogens is 437 g/mol. The number of carbonyl (C=O) groups is 2. The van der Waals surface area contributed by atoms with E-state index < -0.39 is 35.2 Å². The third-order valence-corrected chi connectivity index (χ3v) is 4.89. The van der Waals surface area contributed by atoms with Gasteiger partial charge >= 0.3 is 5.97 Å². The molecule has 1 aromatic heterocycles. The standard InChI is InChI=1S/C24H15F3N2O4/c25-15-4-6-19(18(27)11-15)29-22(30)8-2-13-1-5-16(17(26)9-13)23(24(31)32)14-3-7-21-20(10-14)28-12-33-21/h1-12,23H,(H,29,30)(H,31,32). The first-order valence-electron chi connectivity index (χ1n) is 9.61. The fraction of sp³-hybridized carbons (Fsp3) is 0.0417. The van der Waals surface area contributed by atoms with Crippen molar-refractivity contribution >= 4 is 34.7 Å². The molecule has 0 saturated heterocycles. The highest BCUT2D eigenvalue weighted by atomic mass is 19.1. The second-order valence-corrected chi connectivity index (χ2v) is 7.08. The maximum absolute atomic E-state index is 14.8. The molecule has 0 bridgehead atoms. The smallest absolute Gasteiger partial charge is 0.315 e. The Hall–Kier alpha value is -4.40. The highest BCUT2D eigenvalue weighted by Gasteiger charge is 2.26. The molecule has 3 aromatic carbocycles. The Morgan fingerprint density at radius 2 is 1.82 bits per heavy atom. The van der Waals surface area contributed by atoms with Gasteiger partial charge in [0, 0.05) is 17.7 Å². The van der Waals surface area contributed by atoms with E-state index in [0.29, 0.717) is 22.7 Å². The number of nitrogens with zero attached hydrogens (tertiary/aromatic N) is 1. The molecular formula is C24H15F3N2O4. The van der Waals surface area contributed by atoms with Gasteiger partial charge in [-0.25, -0.2) is 18.2 Å². The summed E-state index contributed by atoms with van der Waals surface area (Å²) in [5.41, 5.74) is 1.25. The van der Waals surface area contributed by atoms with Gasteiger partial charge in [0.15, 0.2) is 12.0 Å². The number of amides is 1. The number of nitrogens with one attached hydrogen (secondary N) is 1. The van der Waals surface area contributed by atoms with Crippen LogP contribution < -0.4 is 5.32 Å². The number of anilines is 1. The van der Waals surface area contributed by atoms with Gasteiger partial charge < -0.3 is 14.8 Å². The van der Waals surface area contributed by atoms with Gasteiger partial charge in [0.2, 0.25) is 5.91 Å². The number of halogens is 3. The van der Waals surface area contributed by atoms with Gasteiger partial charge in [-0.1, -0.05) is 18.2 Å². The molecule has 1 heterocycles. The summed E-state index contributed by atoms with van der Waals surface area (Å²) >= 11 is 0. The summed E-state index contributed by atoms with van der Waals surface area (Å²) in [6, 6.07) is 11.2. The Kier molecular flexibility index (Phi) is 5.95. The van der Waals surface area contributed by atoms with Crippen molar-refractivity contribution < 1.29 is 32.3 Å². The average molecular weight is 452 g/mol. The minimum Gasteiger partial charge on any atom is -0.481 e. The Morgan fingerprint density at radius 3 is 2.55 bits per heavy atom. The molecule has 9 heteroatoms. The van der Waals surface area contributed by atoms with Crippen LogP contribution in [0, 0.1) is 17.5 Å². The highest BCUT2D eigenvalue weighted by molar-refractivity contribution is 6.02. The van der Waals surface area contributed by atoms with Crippen LogP contribution in [-0.2, 0) is 9.59 Å². The molecule has 1 amide bonds. The molecule has 33 heavy (non-hydrogen) atoms. The fourth-order valence-electron chi connectivity index (χ4n) is 3.33. The van der Waals surface area contributed by atoms with Crippen LogP contribution in [0.25, 0.3) is 17.2 Å². The first kappa shape index (κ1) is 21.8. The number of fused-ring (bicyclic) bond motifs is 1. The van der Waals surface area contributed by atoms with E-state index in [9.17, 15) is 27.9 Å². The van der Waals surface area contributed by atoms with Gasteiger partial charge in [-0.05, 0) is 47.5 Å². The van der Waals surface area contributed by atoms with Gasteiger partial charge in [-0.2, -0.15) is 0 Å². The molecule has 2 N–H and O–H groups in total. The molecule has 6 nitrogen and oxygen atoms in total. The van der Waals surface area contributed by atoms with Crippen molar-refractivity contribution in [1.29, 1.82) is 0 Å². The zero-order valence-electron chi connectivity index (χ0n) is 16.8. The van der Waals surface area contributed by atoms with Crippen molar-refractivity contribution in [2.45, 2.75) is 5.92 Å². The number of hydrogen-bond donors (Lipinski definition) is 2. The van der Waals surface area contributed by atoms with Crippen molar-refractivity contribution in [3.05, 3.63) is 101 Å². The summed E-state index contributed by atoms with van der Waals surface area (Å²) in [7, 11) is 0. The minimum absolute atomic E-state index is 0.0691. The second kappa shape index (κ2) is 8.99. The predicted molar refractivity (Wildman–Crippen MR) is 114 cm³/mol.